The minimum atomic E-state index is -0.636. The van der Waals surface area contributed by atoms with Crippen LogP contribution in [0, 0.1) is 0 Å². The number of β-amino-alcohol motifs (C(OH)–C–C–N with tert-alkyl or cyclic N) is 1. The first-order chi connectivity index (χ1) is 9.06. The third-order valence-corrected chi connectivity index (χ3v) is 3.48. The minimum absolute atomic E-state index is 0.0796. The molecule has 0 aromatic rings. The summed E-state index contributed by atoms with van der Waals surface area (Å²) in [5, 5.41) is 9.53. The monoisotopic (exact) mass is 268 g/mol. The van der Waals surface area contributed by atoms with E-state index in [2.05, 4.69) is 6.58 Å². The minimum Gasteiger partial charge on any atom is -0.391 e. The lowest BCUT2D eigenvalue weighted by Gasteiger charge is -2.21. The summed E-state index contributed by atoms with van der Waals surface area (Å²) in [4.78, 5) is 24.6. The largest absolute Gasteiger partial charge is 0.391 e. The molecular formula is C14H24N2O3. The van der Waals surface area contributed by atoms with Gasteiger partial charge >= 0.3 is 0 Å². The van der Waals surface area contributed by atoms with Crippen molar-refractivity contribution in [2.75, 3.05) is 6.54 Å². The van der Waals surface area contributed by atoms with E-state index in [1.54, 1.807) is 0 Å². The Kier molecular flexibility index (Phi) is 6.56. The van der Waals surface area contributed by atoms with Gasteiger partial charge < -0.3 is 15.7 Å². The molecule has 2 atom stereocenters. The summed E-state index contributed by atoms with van der Waals surface area (Å²) < 4.78 is 0. The number of likely N-dealkylation sites (tertiary alicyclic amines) is 1. The summed E-state index contributed by atoms with van der Waals surface area (Å²) in [6.07, 6.45) is 6.96. The fourth-order valence-corrected chi connectivity index (χ4v) is 2.42. The fourth-order valence-electron chi connectivity index (χ4n) is 2.42. The van der Waals surface area contributed by atoms with Crippen molar-refractivity contribution in [3.63, 3.8) is 0 Å². The van der Waals surface area contributed by atoms with Gasteiger partial charge in [-0.3, -0.25) is 9.59 Å². The number of carbonyl (C=O) groups is 2. The van der Waals surface area contributed by atoms with Gasteiger partial charge in [0.1, 0.15) is 6.04 Å². The first-order valence-corrected chi connectivity index (χ1v) is 6.94. The molecule has 5 nitrogen and oxygen atoms in total. The molecule has 0 aromatic heterocycles. The normalized spacial score (nSPS) is 22.5. The van der Waals surface area contributed by atoms with E-state index in [9.17, 15) is 14.7 Å². The number of hydrogen-bond acceptors (Lipinski definition) is 3. The van der Waals surface area contributed by atoms with E-state index in [4.69, 9.17) is 5.73 Å². The molecule has 1 rings (SSSR count). The zero-order valence-corrected chi connectivity index (χ0v) is 11.4. The lowest BCUT2D eigenvalue weighted by Crippen LogP contribution is -2.43. The second kappa shape index (κ2) is 7.94. The second-order valence-electron chi connectivity index (χ2n) is 5.10. The Morgan fingerprint density at radius 2 is 2.00 bits per heavy atom. The summed E-state index contributed by atoms with van der Waals surface area (Å²) in [6.45, 7) is 3.89. The number of carbonyl (C=O) groups excluding carboxylic acids is 2. The van der Waals surface area contributed by atoms with Crippen LogP contribution in [0.5, 0.6) is 0 Å². The highest BCUT2D eigenvalue weighted by Gasteiger charge is 2.37. The van der Waals surface area contributed by atoms with Gasteiger partial charge in [0.15, 0.2) is 0 Å². The quantitative estimate of drug-likeness (QED) is 0.508. The van der Waals surface area contributed by atoms with E-state index in [0.29, 0.717) is 6.42 Å². The van der Waals surface area contributed by atoms with Crippen molar-refractivity contribution in [3.8, 4) is 0 Å². The maximum Gasteiger partial charge on any atom is 0.240 e. The van der Waals surface area contributed by atoms with E-state index in [-0.39, 0.29) is 18.9 Å². The van der Waals surface area contributed by atoms with Gasteiger partial charge in [-0.05, 0) is 19.3 Å². The number of nitrogens with two attached hydrogens (primary N) is 1. The first-order valence-electron chi connectivity index (χ1n) is 6.94. The lowest BCUT2D eigenvalue weighted by atomic mass is 10.1. The Balaban J connectivity index is 2.28. The number of primary amides is 1. The molecule has 0 saturated carbocycles. The van der Waals surface area contributed by atoms with Crippen molar-refractivity contribution in [1.82, 2.24) is 4.90 Å². The molecule has 1 fully saturated rings. The number of aliphatic hydroxyl groups excluding tert-OH is 1. The van der Waals surface area contributed by atoms with Crippen LogP contribution in [0.3, 0.4) is 0 Å². The van der Waals surface area contributed by atoms with Crippen molar-refractivity contribution < 1.29 is 14.7 Å². The maximum absolute atomic E-state index is 12.0. The van der Waals surface area contributed by atoms with Gasteiger partial charge in [-0.15, -0.1) is 6.58 Å². The standard InChI is InChI=1S/C14H24N2O3/c1-2-3-4-5-6-7-8-13(18)16-10-11(17)9-12(16)14(15)19/h2,11-12,17H,1,3-10H2,(H2,15,19). The zero-order chi connectivity index (χ0) is 14.3. The van der Waals surface area contributed by atoms with Gasteiger partial charge in [0.25, 0.3) is 0 Å². The highest BCUT2D eigenvalue weighted by molar-refractivity contribution is 5.87. The maximum atomic E-state index is 12.0. The highest BCUT2D eigenvalue weighted by Crippen LogP contribution is 2.19. The van der Waals surface area contributed by atoms with Crippen LogP contribution in [0.4, 0.5) is 0 Å². The van der Waals surface area contributed by atoms with Gasteiger partial charge in [-0.2, -0.15) is 0 Å². The molecule has 1 saturated heterocycles. The van der Waals surface area contributed by atoms with E-state index >= 15 is 0 Å². The van der Waals surface area contributed by atoms with Crippen LogP contribution in [-0.2, 0) is 9.59 Å². The SMILES string of the molecule is C=CCCCCCCC(=O)N1CC(O)CC1C(N)=O. The number of aliphatic hydroxyl groups is 1. The Bertz CT molecular complexity index is 331. The van der Waals surface area contributed by atoms with E-state index in [1.807, 2.05) is 6.08 Å². The molecule has 3 N–H and O–H groups in total. The summed E-state index contributed by atoms with van der Waals surface area (Å²) in [5.41, 5.74) is 5.24. The predicted molar refractivity (Wildman–Crippen MR) is 73.2 cm³/mol. The third-order valence-electron chi connectivity index (χ3n) is 3.48. The Morgan fingerprint density at radius 3 is 2.63 bits per heavy atom. The van der Waals surface area contributed by atoms with Crippen LogP contribution in [-0.4, -0.2) is 40.5 Å². The van der Waals surface area contributed by atoms with Crippen molar-refractivity contribution in [2.24, 2.45) is 5.73 Å². The van der Waals surface area contributed by atoms with Gasteiger partial charge in [0, 0.05) is 19.4 Å². The molecule has 0 radical (unpaired) electrons. The van der Waals surface area contributed by atoms with Crippen LogP contribution < -0.4 is 5.73 Å². The molecular weight excluding hydrogens is 244 g/mol. The molecule has 108 valence electrons. The predicted octanol–water partition coefficient (Wildman–Crippen LogP) is 0.960. The van der Waals surface area contributed by atoms with Crippen LogP contribution in [0.1, 0.15) is 44.9 Å². The molecule has 1 aliphatic rings. The van der Waals surface area contributed by atoms with E-state index in [0.717, 1.165) is 32.1 Å². The van der Waals surface area contributed by atoms with E-state index < -0.39 is 18.1 Å². The van der Waals surface area contributed by atoms with Crippen molar-refractivity contribution in [2.45, 2.75) is 57.1 Å². The molecule has 19 heavy (non-hydrogen) atoms. The van der Waals surface area contributed by atoms with Gasteiger partial charge in [0.2, 0.25) is 11.8 Å². The molecule has 2 amide bonds. The Hall–Kier alpha value is -1.36. The van der Waals surface area contributed by atoms with Crippen molar-refractivity contribution >= 4 is 11.8 Å². The number of unbranched alkanes of at least 4 members (excludes halogenated alkanes) is 4. The number of hydrogen-bond donors (Lipinski definition) is 2. The van der Waals surface area contributed by atoms with Crippen LogP contribution >= 0.6 is 0 Å². The molecule has 0 aromatic carbocycles. The van der Waals surface area contributed by atoms with Crippen LogP contribution in [0.15, 0.2) is 12.7 Å². The number of amides is 2. The fraction of sp³-hybridized carbons (Fsp3) is 0.714. The molecule has 2 unspecified atom stereocenters. The van der Waals surface area contributed by atoms with E-state index in [1.165, 1.54) is 4.90 Å². The Labute approximate surface area is 114 Å². The van der Waals surface area contributed by atoms with Crippen LogP contribution in [0.2, 0.25) is 0 Å². The Morgan fingerprint density at radius 1 is 1.32 bits per heavy atom. The lowest BCUT2D eigenvalue weighted by molar-refractivity contribution is -0.137. The smallest absolute Gasteiger partial charge is 0.240 e. The summed E-state index contributed by atoms with van der Waals surface area (Å²) >= 11 is 0. The molecule has 5 heteroatoms. The number of nitrogens with zero attached hydrogens (tertiary/aromatic N) is 1. The molecule has 1 heterocycles. The van der Waals surface area contributed by atoms with Gasteiger partial charge in [-0.1, -0.05) is 18.9 Å². The highest BCUT2D eigenvalue weighted by atomic mass is 16.3. The second-order valence-corrected chi connectivity index (χ2v) is 5.10. The molecule has 0 spiro atoms. The summed E-state index contributed by atoms with van der Waals surface area (Å²) in [6, 6.07) is -0.636. The summed E-state index contributed by atoms with van der Waals surface area (Å²) in [5.74, 6) is -0.611. The third kappa shape index (κ3) is 5.03. The van der Waals surface area contributed by atoms with Crippen molar-refractivity contribution in [3.05, 3.63) is 12.7 Å². The summed E-state index contributed by atoms with van der Waals surface area (Å²) in [7, 11) is 0. The topological polar surface area (TPSA) is 83.6 Å². The van der Waals surface area contributed by atoms with Gasteiger partial charge in [-0.25, -0.2) is 0 Å². The van der Waals surface area contributed by atoms with Gasteiger partial charge in [0.05, 0.1) is 6.10 Å². The van der Waals surface area contributed by atoms with Crippen LogP contribution in [0.25, 0.3) is 0 Å². The zero-order valence-electron chi connectivity index (χ0n) is 11.4. The number of rotatable bonds is 8. The van der Waals surface area contributed by atoms with Crippen molar-refractivity contribution in [1.29, 1.82) is 0 Å². The molecule has 1 aliphatic heterocycles. The average molecular weight is 268 g/mol. The first kappa shape index (κ1) is 15.7. The molecule has 0 aliphatic carbocycles. The molecule has 0 bridgehead atoms. The number of allylic oxidation sites excluding steroid dienone is 1. The average Bonchev–Trinajstić information content (AvgIpc) is 2.76.